The van der Waals surface area contributed by atoms with Crippen LogP contribution >= 0.6 is 0 Å². The third kappa shape index (κ3) is 4.67. The van der Waals surface area contributed by atoms with Gasteiger partial charge in [0.25, 0.3) is 5.91 Å². The van der Waals surface area contributed by atoms with Gasteiger partial charge in [-0.25, -0.2) is 23.7 Å². The van der Waals surface area contributed by atoms with Gasteiger partial charge >= 0.3 is 0 Å². The summed E-state index contributed by atoms with van der Waals surface area (Å²) in [5, 5.41) is 2.82. The number of hydrogen-bond acceptors (Lipinski definition) is 4. The molecule has 0 atom stereocenters. The first kappa shape index (κ1) is 21.2. The second-order valence-electron chi connectivity index (χ2n) is 7.46. The zero-order valence-corrected chi connectivity index (χ0v) is 17.4. The van der Waals surface area contributed by atoms with Crippen molar-refractivity contribution in [2.45, 2.75) is 13.3 Å². The average Bonchev–Trinajstić information content (AvgIpc) is 2.78. The number of carbonyl (C=O) groups is 1. The fourth-order valence-electron chi connectivity index (χ4n) is 3.18. The molecule has 160 valence electrons. The first-order valence-electron chi connectivity index (χ1n) is 10.0. The normalized spacial score (nSPS) is 10.8. The van der Waals surface area contributed by atoms with Crippen molar-refractivity contribution < 1.29 is 13.6 Å². The SMILES string of the molecule is C=C(C)CCNC(=O)c1cnc2nc(-c3ccc(F)cc3)c(-c3ccc(F)cc3)nc2c1. The zero-order chi connectivity index (χ0) is 22.7. The van der Waals surface area contributed by atoms with E-state index in [1.807, 2.05) is 6.92 Å². The first-order chi connectivity index (χ1) is 15.4. The van der Waals surface area contributed by atoms with Crippen molar-refractivity contribution in [1.82, 2.24) is 20.3 Å². The van der Waals surface area contributed by atoms with E-state index in [9.17, 15) is 13.6 Å². The van der Waals surface area contributed by atoms with E-state index in [4.69, 9.17) is 4.98 Å². The molecule has 2 aromatic carbocycles. The highest BCUT2D eigenvalue weighted by molar-refractivity contribution is 5.97. The number of nitrogens with one attached hydrogen (secondary N) is 1. The summed E-state index contributed by atoms with van der Waals surface area (Å²) in [4.78, 5) is 26.1. The van der Waals surface area contributed by atoms with Gasteiger partial charge in [-0.2, -0.15) is 0 Å². The molecule has 0 bridgehead atoms. The maximum Gasteiger partial charge on any atom is 0.252 e. The van der Waals surface area contributed by atoms with Crippen LogP contribution < -0.4 is 5.32 Å². The second kappa shape index (κ2) is 9.01. The first-order valence-corrected chi connectivity index (χ1v) is 10.0. The summed E-state index contributed by atoms with van der Waals surface area (Å²) in [5.74, 6) is -1.01. The van der Waals surface area contributed by atoms with Crippen molar-refractivity contribution in [1.29, 1.82) is 0 Å². The minimum absolute atomic E-state index is 0.270. The van der Waals surface area contributed by atoms with Crippen LogP contribution in [-0.2, 0) is 0 Å². The Balaban J connectivity index is 1.79. The van der Waals surface area contributed by atoms with Gasteiger partial charge in [0.1, 0.15) is 17.2 Å². The summed E-state index contributed by atoms with van der Waals surface area (Å²) in [7, 11) is 0. The van der Waals surface area contributed by atoms with E-state index in [0.29, 0.717) is 52.2 Å². The smallest absolute Gasteiger partial charge is 0.252 e. The van der Waals surface area contributed by atoms with Crippen LogP contribution in [0.4, 0.5) is 8.78 Å². The molecular formula is C25H20F2N4O. The van der Waals surface area contributed by atoms with Gasteiger partial charge in [0, 0.05) is 23.9 Å². The maximum atomic E-state index is 13.5. The molecule has 0 spiro atoms. The van der Waals surface area contributed by atoms with Crippen LogP contribution in [0.15, 0.2) is 72.9 Å². The lowest BCUT2D eigenvalue weighted by molar-refractivity contribution is 0.0954. The molecule has 2 heterocycles. The fourth-order valence-corrected chi connectivity index (χ4v) is 3.18. The molecule has 1 amide bonds. The molecule has 0 radical (unpaired) electrons. The van der Waals surface area contributed by atoms with Crippen LogP contribution in [0.3, 0.4) is 0 Å². The van der Waals surface area contributed by atoms with Crippen molar-refractivity contribution in [2.75, 3.05) is 6.54 Å². The highest BCUT2D eigenvalue weighted by Crippen LogP contribution is 2.31. The molecule has 0 aliphatic heterocycles. The predicted octanol–water partition coefficient (Wildman–Crippen LogP) is 5.33. The van der Waals surface area contributed by atoms with Crippen molar-refractivity contribution in [3.05, 3.63) is 90.1 Å². The fraction of sp³-hybridized carbons (Fsp3) is 0.120. The van der Waals surface area contributed by atoms with Crippen LogP contribution in [0.2, 0.25) is 0 Å². The number of benzene rings is 2. The summed E-state index contributed by atoms with van der Waals surface area (Å²) in [6, 6.07) is 13.3. The largest absolute Gasteiger partial charge is 0.352 e. The molecule has 0 unspecified atom stereocenters. The van der Waals surface area contributed by atoms with Gasteiger partial charge in [-0.3, -0.25) is 4.79 Å². The molecule has 0 aliphatic rings. The van der Waals surface area contributed by atoms with Crippen LogP contribution in [0, 0.1) is 11.6 Å². The van der Waals surface area contributed by atoms with E-state index in [0.717, 1.165) is 5.57 Å². The Bertz CT molecular complexity index is 1300. The summed E-state index contributed by atoms with van der Waals surface area (Å²) in [6.07, 6.45) is 2.13. The number of carbonyl (C=O) groups excluding carboxylic acids is 1. The highest BCUT2D eigenvalue weighted by atomic mass is 19.1. The molecule has 0 saturated heterocycles. The maximum absolute atomic E-state index is 13.5. The number of nitrogens with zero attached hydrogens (tertiary/aromatic N) is 3. The number of fused-ring (bicyclic) bond motifs is 1. The van der Waals surface area contributed by atoms with Crippen LogP contribution in [0.1, 0.15) is 23.7 Å². The lowest BCUT2D eigenvalue weighted by Gasteiger charge is -2.11. The third-order valence-electron chi connectivity index (χ3n) is 4.86. The molecule has 0 saturated carbocycles. The Morgan fingerprint density at radius 1 is 0.938 bits per heavy atom. The lowest BCUT2D eigenvalue weighted by Crippen LogP contribution is -2.24. The number of halogens is 2. The Morgan fingerprint density at radius 2 is 1.50 bits per heavy atom. The topological polar surface area (TPSA) is 67.8 Å². The van der Waals surface area contributed by atoms with E-state index in [1.165, 1.54) is 30.5 Å². The Kier molecular flexibility index (Phi) is 5.98. The number of hydrogen-bond donors (Lipinski definition) is 1. The number of amides is 1. The van der Waals surface area contributed by atoms with Crippen LogP contribution in [0.25, 0.3) is 33.7 Å². The van der Waals surface area contributed by atoms with Crippen molar-refractivity contribution in [3.63, 3.8) is 0 Å². The molecule has 0 fully saturated rings. The van der Waals surface area contributed by atoms with E-state index in [1.54, 1.807) is 30.3 Å². The number of rotatable bonds is 6. The van der Waals surface area contributed by atoms with E-state index < -0.39 is 0 Å². The molecule has 4 rings (SSSR count). The van der Waals surface area contributed by atoms with Crippen molar-refractivity contribution in [3.8, 4) is 22.5 Å². The molecule has 5 nitrogen and oxygen atoms in total. The Hall–Kier alpha value is -4.00. The quantitative estimate of drug-likeness (QED) is 0.420. The molecular weight excluding hydrogens is 410 g/mol. The number of aromatic nitrogens is 3. The van der Waals surface area contributed by atoms with Crippen molar-refractivity contribution in [2.24, 2.45) is 0 Å². The lowest BCUT2D eigenvalue weighted by atomic mass is 10.0. The second-order valence-corrected chi connectivity index (χ2v) is 7.46. The van der Waals surface area contributed by atoms with E-state index >= 15 is 0 Å². The summed E-state index contributed by atoms with van der Waals surface area (Å²) >= 11 is 0. The van der Waals surface area contributed by atoms with Gasteiger partial charge < -0.3 is 5.32 Å². The minimum Gasteiger partial charge on any atom is -0.352 e. The van der Waals surface area contributed by atoms with Gasteiger partial charge in [0.15, 0.2) is 5.65 Å². The van der Waals surface area contributed by atoms with Gasteiger partial charge in [-0.1, -0.05) is 5.57 Å². The molecule has 1 N–H and O–H groups in total. The molecule has 0 aliphatic carbocycles. The molecule has 7 heteroatoms. The summed E-state index contributed by atoms with van der Waals surface area (Å²) in [5.41, 5.74) is 4.33. The van der Waals surface area contributed by atoms with E-state index in [2.05, 4.69) is 21.9 Å². The van der Waals surface area contributed by atoms with Gasteiger partial charge in [0.05, 0.1) is 17.0 Å². The van der Waals surface area contributed by atoms with Crippen molar-refractivity contribution >= 4 is 17.1 Å². The van der Waals surface area contributed by atoms with Gasteiger partial charge in [-0.15, -0.1) is 6.58 Å². The summed E-state index contributed by atoms with van der Waals surface area (Å²) < 4.78 is 26.9. The molecule has 4 aromatic rings. The minimum atomic E-state index is -0.374. The van der Waals surface area contributed by atoms with E-state index in [-0.39, 0.29) is 17.5 Å². The van der Waals surface area contributed by atoms with Crippen LogP contribution in [0.5, 0.6) is 0 Å². The standard InChI is InChI=1S/C25H20F2N4O/c1-15(2)11-12-28-25(32)18-13-21-24(29-14-18)31-23(17-5-9-20(27)10-6-17)22(30-21)16-3-7-19(26)8-4-16/h3-10,13-14H,1,11-12H2,2H3,(H,28,32). The predicted molar refractivity (Wildman–Crippen MR) is 120 cm³/mol. The molecule has 32 heavy (non-hydrogen) atoms. The molecule has 2 aromatic heterocycles. The van der Waals surface area contributed by atoms with Gasteiger partial charge in [0.2, 0.25) is 0 Å². The van der Waals surface area contributed by atoms with Crippen LogP contribution in [-0.4, -0.2) is 27.4 Å². The zero-order valence-electron chi connectivity index (χ0n) is 17.4. The third-order valence-corrected chi connectivity index (χ3v) is 4.86. The number of pyridine rings is 1. The van der Waals surface area contributed by atoms with Gasteiger partial charge in [-0.05, 0) is 67.9 Å². The Morgan fingerprint density at radius 3 is 2.06 bits per heavy atom. The summed E-state index contributed by atoms with van der Waals surface area (Å²) in [6.45, 7) is 6.19. The average molecular weight is 430 g/mol. The highest BCUT2D eigenvalue weighted by Gasteiger charge is 2.16. The monoisotopic (exact) mass is 430 g/mol. The Labute approximate surface area is 183 Å².